The highest BCUT2D eigenvalue weighted by Crippen LogP contribution is 2.27. The zero-order valence-corrected chi connectivity index (χ0v) is 19.1. The van der Waals surface area contributed by atoms with E-state index in [9.17, 15) is 22.8 Å². The first-order chi connectivity index (χ1) is 16.1. The number of nitrogens with zero attached hydrogens (tertiary/aromatic N) is 2. The standard InChI is InChI=1S/C24H23ClF3N3O3/c1-34-23(33)17-10-12-31(13-11-17)22(32)16-8-6-15(7-9-16)20(14-21(29)24(26,27)28)30-19-5-3-2-4-18(19)25/h2-9,14,17H,10-13,29H2,1H3/b21-14-,30-20?. The average molecular weight is 494 g/mol. The molecule has 3 rings (SSSR count). The number of para-hydroxylation sites is 1. The highest BCUT2D eigenvalue weighted by molar-refractivity contribution is 6.33. The number of rotatable bonds is 5. The number of hydrogen-bond acceptors (Lipinski definition) is 5. The van der Waals surface area contributed by atoms with Gasteiger partial charge in [-0.1, -0.05) is 35.9 Å². The van der Waals surface area contributed by atoms with Crippen LogP contribution in [0.4, 0.5) is 18.9 Å². The molecule has 1 aliphatic heterocycles. The fourth-order valence-corrected chi connectivity index (χ4v) is 3.71. The number of piperidine rings is 1. The van der Waals surface area contributed by atoms with Crippen molar-refractivity contribution < 1.29 is 27.5 Å². The van der Waals surface area contributed by atoms with Gasteiger partial charge in [0, 0.05) is 24.2 Å². The number of carbonyl (C=O) groups excluding carboxylic acids is 2. The van der Waals surface area contributed by atoms with E-state index in [2.05, 4.69) is 4.99 Å². The van der Waals surface area contributed by atoms with E-state index in [0.717, 1.165) is 6.08 Å². The van der Waals surface area contributed by atoms with E-state index in [0.29, 0.717) is 37.1 Å². The number of benzene rings is 2. The van der Waals surface area contributed by atoms with E-state index in [4.69, 9.17) is 22.1 Å². The van der Waals surface area contributed by atoms with E-state index in [1.54, 1.807) is 29.2 Å². The molecule has 0 spiro atoms. The largest absolute Gasteiger partial charge is 0.469 e. The number of alkyl halides is 3. The number of nitrogens with two attached hydrogens (primary N) is 1. The normalized spacial score (nSPS) is 15.9. The van der Waals surface area contributed by atoms with E-state index >= 15 is 0 Å². The zero-order valence-electron chi connectivity index (χ0n) is 18.3. The molecule has 1 saturated heterocycles. The zero-order chi connectivity index (χ0) is 24.9. The van der Waals surface area contributed by atoms with Crippen LogP contribution in [0.3, 0.4) is 0 Å². The van der Waals surface area contributed by atoms with Gasteiger partial charge >= 0.3 is 12.1 Å². The second-order valence-electron chi connectivity index (χ2n) is 7.71. The molecular formula is C24H23ClF3N3O3. The summed E-state index contributed by atoms with van der Waals surface area (Å²) in [5.74, 6) is -0.747. The summed E-state index contributed by atoms with van der Waals surface area (Å²) in [5.41, 5.74) is 4.83. The summed E-state index contributed by atoms with van der Waals surface area (Å²) in [4.78, 5) is 30.4. The van der Waals surface area contributed by atoms with Gasteiger partial charge in [0.1, 0.15) is 5.70 Å². The number of likely N-dealkylation sites (tertiary alicyclic amines) is 1. The maximum atomic E-state index is 13.1. The molecule has 180 valence electrons. The van der Waals surface area contributed by atoms with E-state index in [-0.39, 0.29) is 34.2 Å². The number of ether oxygens (including phenoxy) is 1. The molecule has 2 aromatic carbocycles. The highest BCUT2D eigenvalue weighted by atomic mass is 35.5. The molecular weight excluding hydrogens is 471 g/mol. The second kappa shape index (κ2) is 10.7. The Hall–Kier alpha value is -3.33. The van der Waals surface area contributed by atoms with Crippen LogP contribution in [0.25, 0.3) is 0 Å². The minimum Gasteiger partial charge on any atom is -0.469 e. The van der Waals surface area contributed by atoms with Crippen LogP contribution in [0, 0.1) is 5.92 Å². The molecule has 6 nitrogen and oxygen atoms in total. The number of aliphatic imine (C=N–C) groups is 1. The third kappa shape index (κ3) is 6.17. The van der Waals surface area contributed by atoms with E-state index in [1.807, 2.05) is 0 Å². The molecule has 34 heavy (non-hydrogen) atoms. The van der Waals surface area contributed by atoms with Crippen LogP contribution < -0.4 is 5.73 Å². The Bertz CT molecular complexity index is 1110. The lowest BCUT2D eigenvalue weighted by atomic mass is 9.96. The number of hydrogen-bond donors (Lipinski definition) is 1. The Labute approximate surface area is 199 Å². The first-order valence-electron chi connectivity index (χ1n) is 10.4. The molecule has 0 unspecified atom stereocenters. The summed E-state index contributed by atoms with van der Waals surface area (Å²) in [6.07, 6.45) is -2.98. The molecule has 0 saturated carbocycles. The van der Waals surface area contributed by atoms with Crippen LogP contribution in [0.15, 0.2) is 65.3 Å². The maximum absolute atomic E-state index is 13.1. The van der Waals surface area contributed by atoms with E-state index in [1.165, 1.54) is 31.4 Å². The Morgan fingerprint density at radius 3 is 2.24 bits per heavy atom. The highest BCUT2D eigenvalue weighted by Gasteiger charge is 2.32. The molecule has 2 aromatic rings. The van der Waals surface area contributed by atoms with Crippen LogP contribution in [-0.4, -0.2) is 48.9 Å². The molecule has 0 bridgehead atoms. The van der Waals surface area contributed by atoms with Gasteiger partial charge < -0.3 is 15.4 Å². The summed E-state index contributed by atoms with van der Waals surface area (Å²) in [6, 6.07) is 12.5. The summed E-state index contributed by atoms with van der Waals surface area (Å²) in [7, 11) is 1.34. The number of methoxy groups -OCH3 is 1. The summed E-state index contributed by atoms with van der Waals surface area (Å²) in [6.45, 7) is 0.814. The Morgan fingerprint density at radius 1 is 1.09 bits per heavy atom. The molecule has 0 aromatic heterocycles. The SMILES string of the molecule is COC(=O)C1CCN(C(=O)c2ccc(C(/C=C(\N)C(F)(F)F)=Nc3ccccc3Cl)cc2)CC1. The van der Waals surface area contributed by atoms with Crippen LogP contribution >= 0.6 is 11.6 Å². The number of amides is 1. The monoisotopic (exact) mass is 493 g/mol. The number of esters is 1. The molecule has 1 amide bonds. The van der Waals surface area contributed by atoms with Crippen molar-refractivity contribution in [2.24, 2.45) is 16.6 Å². The third-order valence-corrected chi connectivity index (χ3v) is 5.78. The van der Waals surface area contributed by atoms with Gasteiger partial charge in [-0.25, -0.2) is 4.99 Å². The van der Waals surface area contributed by atoms with Crippen LogP contribution in [0.5, 0.6) is 0 Å². The quantitative estimate of drug-likeness (QED) is 0.474. The van der Waals surface area contributed by atoms with Crippen LogP contribution in [0.1, 0.15) is 28.8 Å². The Balaban J connectivity index is 1.85. The molecule has 1 aliphatic rings. The van der Waals surface area contributed by atoms with Crippen molar-refractivity contribution in [3.05, 3.63) is 76.5 Å². The van der Waals surface area contributed by atoms with Crippen LogP contribution in [0.2, 0.25) is 5.02 Å². The topological polar surface area (TPSA) is 85.0 Å². The van der Waals surface area contributed by atoms with Gasteiger partial charge in [0.05, 0.1) is 29.4 Å². The predicted octanol–water partition coefficient (Wildman–Crippen LogP) is 4.89. The fraction of sp³-hybridized carbons (Fsp3) is 0.292. The van der Waals surface area contributed by atoms with Crippen molar-refractivity contribution in [3.63, 3.8) is 0 Å². The van der Waals surface area contributed by atoms with Crippen molar-refractivity contribution in [3.8, 4) is 0 Å². The summed E-state index contributed by atoms with van der Waals surface area (Å²) >= 11 is 6.11. The van der Waals surface area contributed by atoms with Gasteiger partial charge in [-0.05, 0) is 43.2 Å². The maximum Gasteiger partial charge on any atom is 0.430 e. The second-order valence-corrected chi connectivity index (χ2v) is 8.12. The summed E-state index contributed by atoms with van der Waals surface area (Å²) < 4.78 is 44.0. The van der Waals surface area contributed by atoms with Crippen molar-refractivity contribution in [2.45, 2.75) is 19.0 Å². The van der Waals surface area contributed by atoms with Crippen LogP contribution in [-0.2, 0) is 9.53 Å². The van der Waals surface area contributed by atoms with Gasteiger partial charge in [-0.15, -0.1) is 0 Å². The Kier molecular flexibility index (Phi) is 7.98. The Morgan fingerprint density at radius 2 is 1.68 bits per heavy atom. The average Bonchev–Trinajstić information content (AvgIpc) is 2.83. The van der Waals surface area contributed by atoms with Crippen molar-refractivity contribution >= 4 is 34.9 Å². The lowest BCUT2D eigenvalue weighted by molar-refractivity contribution is -0.146. The molecule has 1 fully saturated rings. The van der Waals surface area contributed by atoms with Crippen molar-refractivity contribution in [1.82, 2.24) is 4.90 Å². The minimum absolute atomic E-state index is 0.0548. The molecule has 0 atom stereocenters. The van der Waals surface area contributed by atoms with Gasteiger partial charge in [0.25, 0.3) is 5.91 Å². The lowest BCUT2D eigenvalue weighted by Gasteiger charge is -2.30. The van der Waals surface area contributed by atoms with E-state index < -0.39 is 11.9 Å². The first kappa shape index (κ1) is 25.3. The molecule has 0 aliphatic carbocycles. The lowest BCUT2D eigenvalue weighted by Crippen LogP contribution is -2.40. The van der Waals surface area contributed by atoms with Gasteiger partial charge in [0.2, 0.25) is 0 Å². The van der Waals surface area contributed by atoms with Crippen molar-refractivity contribution in [2.75, 3.05) is 20.2 Å². The molecule has 1 heterocycles. The van der Waals surface area contributed by atoms with Gasteiger partial charge in [-0.2, -0.15) is 13.2 Å². The predicted molar refractivity (Wildman–Crippen MR) is 123 cm³/mol. The van der Waals surface area contributed by atoms with Gasteiger partial charge in [0.15, 0.2) is 0 Å². The number of allylic oxidation sites excluding steroid dienone is 2. The minimum atomic E-state index is -4.73. The number of carbonyl (C=O) groups is 2. The van der Waals surface area contributed by atoms with Crippen molar-refractivity contribution in [1.29, 1.82) is 0 Å². The fourth-order valence-electron chi connectivity index (χ4n) is 3.53. The third-order valence-electron chi connectivity index (χ3n) is 5.46. The molecule has 10 heteroatoms. The number of halogens is 4. The molecule has 0 radical (unpaired) electrons. The van der Waals surface area contributed by atoms with Gasteiger partial charge in [-0.3, -0.25) is 9.59 Å². The first-order valence-corrected chi connectivity index (χ1v) is 10.8. The smallest absolute Gasteiger partial charge is 0.430 e. The molecule has 2 N–H and O–H groups in total. The summed E-state index contributed by atoms with van der Waals surface area (Å²) in [5, 5.41) is 0.265.